The average molecular weight is 246 g/mol. The SMILES string of the molecule is C=CCCCOc1ccc(N2CCNCC2)cc1. The maximum Gasteiger partial charge on any atom is 0.119 e. The zero-order valence-corrected chi connectivity index (χ0v) is 10.9. The zero-order chi connectivity index (χ0) is 12.6. The monoisotopic (exact) mass is 246 g/mol. The van der Waals surface area contributed by atoms with E-state index in [1.807, 2.05) is 6.08 Å². The van der Waals surface area contributed by atoms with E-state index in [4.69, 9.17) is 4.74 Å². The van der Waals surface area contributed by atoms with Gasteiger partial charge in [0.15, 0.2) is 0 Å². The molecule has 1 heterocycles. The van der Waals surface area contributed by atoms with Gasteiger partial charge in [-0.25, -0.2) is 0 Å². The predicted molar refractivity (Wildman–Crippen MR) is 76.5 cm³/mol. The third-order valence-corrected chi connectivity index (χ3v) is 3.14. The lowest BCUT2D eigenvalue weighted by molar-refractivity contribution is 0.312. The summed E-state index contributed by atoms with van der Waals surface area (Å²) in [5.41, 5.74) is 1.29. The minimum atomic E-state index is 0.763. The van der Waals surface area contributed by atoms with Gasteiger partial charge in [0.2, 0.25) is 0 Å². The van der Waals surface area contributed by atoms with Crippen LogP contribution in [0.4, 0.5) is 5.69 Å². The van der Waals surface area contributed by atoms with Crippen LogP contribution in [0.1, 0.15) is 12.8 Å². The lowest BCUT2D eigenvalue weighted by Gasteiger charge is -2.29. The maximum absolute atomic E-state index is 5.67. The number of ether oxygens (including phenoxy) is 1. The second-order valence-electron chi connectivity index (χ2n) is 4.51. The van der Waals surface area contributed by atoms with Crippen molar-refractivity contribution in [3.8, 4) is 5.75 Å². The largest absolute Gasteiger partial charge is 0.494 e. The quantitative estimate of drug-likeness (QED) is 0.616. The Labute approximate surface area is 109 Å². The van der Waals surface area contributed by atoms with E-state index in [2.05, 4.69) is 41.1 Å². The van der Waals surface area contributed by atoms with Crippen LogP contribution in [0.3, 0.4) is 0 Å². The summed E-state index contributed by atoms with van der Waals surface area (Å²) in [5, 5.41) is 3.36. The molecule has 0 unspecified atom stereocenters. The Bertz CT molecular complexity index is 355. The van der Waals surface area contributed by atoms with E-state index in [1.165, 1.54) is 5.69 Å². The van der Waals surface area contributed by atoms with Crippen molar-refractivity contribution in [2.24, 2.45) is 0 Å². The fraction of sp³-hybridized carbons (Fsp3) is 0.467. The van der Waals surface area contributed by atoms with Crippen LogP contribution in [0, 0.1) is 0 Å². The highest BCUT2D eigenvalue weighted by Gasteiger charge is 2.09. The summed E-state index contributed by atoms with van der Waals surface area (Å²) in [7, 11) is 0. The summed E-state index contributed by atoms with van der Waals surface area (Å²) in [5.74, 6) is 0.956. The number of unbranched alkanes of at least 4 members (excludes halogenated alkanes) is 1. The molecule has 0 amide bonds. The smallest absolute Gasteiger partial charge is 0.119 e. The van der Waals surface area contributed by atoms with Crippen molar-refractivity contribution in [2.75, 3.05) is 37.7 Å². The normalized spacial score (nSPS) is 15.4. The second-order valence-corrected chi connectivity index (χ2v) is 4.51. The molecule has 0 bridgehead atoms. The summed E-state index contributed by atoms with van der Waals surface area (Å²) < 4.78 is 5.67. The van der Waals surface area contributed by atoms with Gasteiger partial charge in [-0.15, -0.1) is 6.58 Å². The third-order valence-electron chi connectivity index (χ3n) is 3.14. The van der Waals surface area contributed by atoms with Crippen LogP contribution in [0.25, 0.3) is 0 Å². The van der Waals surface area contributed by atoms with E-state index in [0.717, 1.165) is 51.4 Å². The number of hydrogen-bond donors (Lipinski definition) is 1. The van der Waals surface area contributed by atoms with Crippen molar-refractivity contribution >= 4 is 5.69 Å². The fourth-order valence-corrected chi connectivity index (χ4v) is 2.09. The van der Waals surface area contributed by atoms with Crippen LogP contribution < -0.4 is 15.0 Å². The van der Waals surface area contributed by atoms with Crippen LogP contribution in [0.15, 0.2) is 36.9 Å². The first-order chi connectivity index (χ1) is 8.90. The van der Waals surface area contributed by atoms with E-state index < -0.39 is 0 Å². The van der Waals surface area contributed by atoms with Gasteiger partial charge in [-0.05, 0) is 37.1 Å². The van der Waals surface area contributed by atoms with Gasteiger partial charge in [0.25, 0.3) is 0 Å². The molecule has 1 saturated heterocycles. The molecule has 1 aliphatic rings. The topological polar surface area (TPSA) is 24.5 Å². The average Bonchev–Trinajstić information content (AvgIpc) is 2.45. The van der Waals surface area contributed by atoms with Gasteiger partial charge in [0.05, 0.1) is 6.61 Å². The van der Waals surface area contributed by atoms with Crippen molar-refractivity contribution in [1.29, 1.82) is 0 Å². The molecule has 1 aliphatic heterocycles. The van der Waals surface area contributed by atoms with Crippen LogP contribution in [0.5, 0.6) is 5.75 Å². The molecule has 1 N–H and O–H groups in total. The molecule has 18 heavy (non-hydrogen) atoms. The molecule has 98 valence electrons. The Morgan fingerprint density at radius 2 is 1.94 bits per heavy atom. The molecule has 1 aromatic carbocycles. The van der Waals surface area contributed by atoms with Gasteiger partial charge in [-0.3, -0.25) is 0 Å². The molecule has 0 atom stereocenters. The third kappa shape index (κ3) is 3.77. The fourth-order valence-electron chi connectivity index (χ4n) is 2.09. The Morgan fingerprint density at radius 3 is 2.61 bits per heavy atom. The lowest BCUT2D eigenvalue weighted by atomic mass is 10.2. The number of allylic oxidation sites excluding steroid dienone is 1. The Balaban J connectivity index is 1.82. The first-order valence-corrected chi connectivity index (χ1v) is 6.69. The molecule has 0 spiro atoms. The van der Waals surface area contributed by atoms with Crippen molar-refractivity contribution in [1.82, 2.24) is 5.32 Å². The summed E-state index contributed by atoms with van der Waals surface area (Å²) in [6, 6.07) is 8.42. The second kappa shape index (κ2) is 7.07. The summed E-state index contributed by atoms with van der Waals surface area (Å²) >= 11 is 0. The van der Waals surface area contributed by atoms with Gasteiger partial charge in [-0.2, -0.15) is 0 Å². The summed E-state index contributed by atoms with van der Waals surface area (Å²) in [6.07, 6.45) is 3.97. The van der Waals surface area contributed by atoms with Gasteiger partial charge >= 0.3 is 0 Å². The van der Waals surface area contributed by atoms with Crippen LogP contribution >= 0.6 is 0 Å². The van der Waals surface area contributed by atoms with Gasteiger partial charge in [0, 0.05) is 31.9 Å². The van der Waals surface area contributed by atoms with E-state index in [1.54, 1.807) is 0 Å². The number of benzene rings is 1. The zero-order valence-electron chi connectivity index (χ0n) is 10.9. The standard InChI is InChI=1S/C15H22N2O/c1-2-3-4-13-18-15-7-5-14(6-8-15)17-11-9-16-10-12-17/h2,5-8,16H,1,3-4,9-13H2. The molecule has 0 aliphatic carbocycles. The highest BCUT2D eigenvalue weighted by atomic mass is 16.5. The number of hydrogen-bond acceptors (Lipinski definition) is 3. The molecule has 3 nitrogen and oxygen atoms in total. The maximum atomic E-state index is 5.67. The number of piperazine rings is 1. The van der Waals surface area contributed by atoms with Crippen molar-refractivity contribution in [3.63, 3.8) is 0 Å². The van der Waals surface area contributed by atoms with Crippen LogP contribution in [0.2, 0.25) is 0 Å². The van der Waals surface area contributed by atoms with Gasteiger partial charge in [-0.1, -0.05) is 6.08 Å². The van der Waals surface area contributed by atoms with Crippen molar-refractivity contribution < 1.29 is 4.74 Å². The highest BCUT2D eigenvalue weighted by Crippen LogP contribution is 2.19. The molecule has 0 radical (unpaired) electrons. The minimum absolute atomic E-state index is 0.763. The summed E-state index contributed by atoms with van der Waals surface area (Å²) in [6.45, 7) is 8.77. The molecule has 1 aromatic rings. The number of nitrogens with zero attached hydrogens (tertiary/aromatic N) is 1. The van der Waals surface area contributed by atoms with E-state index in [0.29, 0.717) is 0 Å². The molecular weight excluding hydrogens is 224 g/mol. The van der Waals surface area contributed by atoms with Gasteiger partial charge in [0.1, 0.15) is 5.75 Å². The van der Waals surface area contributed by atoms with E-state index in [-0.39, 0.29) is 0 Å². The number of anilines is 1. The van der Waals surface area contributed by atoms with Crippen molar-refractivity contribution in [3.05, 3.63) is 36.9 Å². The van der Waals surface area contributed by atoms with Gasteiger partial charge < -0.3 is 15.0 Å². The molecule has 1 fully saturated rings. The lowest BCUT2D eigenvalue weighted by Crippen LogP contribution is -2.43. The highest BCUT2D eigenvalue weighted by molar-refractivity contribution is 5.49. The Hall–Kier alpha value is -1.48. The molecule has 3 heteroatoms. The van der Waals surface area contributed by atoms with Crippen LogP contribution in [-0.2, 0) is 0 Å². The molecule has 2 rings (SSSR count). The van der Waals surface area contributed by atoms with E-state index in [9.17, 15) is 0 Å². The number of nitrogens with one attached hydrogen (secondary N) is 1. The number of rotatable bonds is 6. The molecule has 0 aromatic heterocycles. The molecule has 0 saturated carbocycles. The first-order valence-electron chi connectivity index (χ1n) is 6.69. The first kappa shape index (κ1) is 13.0. The Morgan fingerprint density at radius 1 is 1.22 bits per heavy atom. The van der Waals surface area contributed by atoms with Crippen LogP contribution in [-0.4, -0.2) is 32.8 Å². The van der Waals surface area contributed by atoms with Crippen molar-refractivity contribution in [2.45, 2.75) is 12.8 Å². The molecular formula is C15H22N2O. The summed E-state index contributed by atoms with van der Waals surface area (Å²) in [4.78, 5) is 2.40. The van der Waals surface area contributed by atoms with E-state index >= 15 is 0 Å². The predicted octanol–water partition coefficient (Wildman–Crippen LogP) is 2.44. The minimum Gasteiger partial charge on any atom is -0.494 e. The Kier molecular flexibility index (Phi) is 5.09.